The summed E-state index contributed by atoms with van der Waals surface area (Å²) in [7, 11) is 1.50. The minimum Gasteiger partial charge on any atom is -0.494 e. The Morgan fingerprint density at radius 2 is 1.54 bits per heavy atom. The summed E-state index contributed by atoms with van der Waals surface area (Å²) in [6.45, 7) is 18.1. The van der Waals surface area contributed by atoms with Crippen LogP contribution >= 0.6 is 11.3 Å². The number of rotatable bonds is 19. The molecule has 0 bridgehead atoms. The number of piperazine rings is 1. The molecular weight excluding hydrogens is 851 g/mol. The average molecular weight is 910 g/mol. The number of hydrogen-bond acceptors (Lipinski definition) is 14. The highest BCUT2D eigenvalue weighted by Crippen LogP contribution is 2.34. The first kappa shape index (κ1) is 46.8. The number of imidazole rings is 2. The third-order valence-electron chi connectivity index (χ3n) is 11.5. The molecule has 1 atom stereocenters. The normalized spacial score (nSPS) is 14.2. The van der Waals surface area contributed by atoms with Crippen LogP contribution in [-0.2, 0) is 26.1 Å². The molecule has 1 aliphatic rings. The first-order valence-electron chi connectivity index (χ1n) is 21.9. The molecule has 2 aromatic carbocycles. The summed E-state index contributed by atoms with van der Waals surface area (Å²) < 4.78 is 17.5. The molecule has 0 aliphatic carbocycles. The Morgan fingerprint density at radius 3 is 2.14 bits per heavy atom. The van der Waals surface area contributed by atoms with E-state index >= 15 is 0 Å². The molecule has 65 heavy (non-hydrogen) atoms. The number of nitrogens with two attached hydrogens (primary N) is 2. The minimum atomic E-state index is -1.29. The molecule has 19 nitrogen and oxygen atoms in total. The molecule has 346 valence electrons. The molecule has 1 unspecified atom stereocenters. The first-order valence-corrected chi connectivity index (χ1v) is 22.7. The van der Waals surface area contributed by atoms with E-state index in [2.05, 4.69) is 44.4 Å². The van der Waals surface area contributed by atoms with Crippen LogP contribution in [0.3, 0.4) is 0 Å². The van der Waals surface area contributed by atoms with Crippen molar-refractivity contribution in [3.63, 3.8) is 0 Å². The van der Waals surface area contributed by atoms with E-state index in [4.69, 9.17) is 30.9 Å². The van der Waals surface area contributed by atoms with Crippen LogP contribution in [0.15, 0.2) is 42.5 Å². The molecule has 5 heterocycles. The fourth-order valence-corrected chi connectivity index (χ4v) is 9.02. The molecule has 4 aromatic heterocycles. The van der Waals surface area contributed by atoms with Crippen molar-refractivity contribution in [1.82, 2.24) is 43.7 Å². The summed E-state index contributed by atoms with van der Waals surface area (Å²) in [5.74, 6) is -0.158. The Kier molecular flexibility index (Phi) is 14.6. The van der Waals surface area contributed by atoms with Gasteiger partial charge in [0.05, 0.1) is 41.1 Å². The summed E-state index contributed by atoms with van der Waals surface area (Å²) in [6.07, 6.45) is 3.82. The van der Waals surface area contributed by atoms with Gasteiger partial charge < -0.3 is 40.1 Å². The number of anilines is 2. The Morgan fingerprint density at radius 1 is 0.892 bits per heavy atom. The van der Waals surface area contributed by atoms with Crippen molar-refractivity contribution >= 4 is 63.0 Å². The van der Waals surface area contributed by atoms with Gasteiger partial charge in [0, 0.05) is 69.5 Å². The number of carbonyl (C=O) groups is 3. The number of aromatic nitrogens is 7. The van der Waals surface area contributed by atoms with E-state index in [0.717, 1.165) is 44.2 Å². The van der Waals surface area contributed by atoms with Gasteiger partial charge in [0.15, 0.2) is 0 Å². The van der Waals surface area contributed by atoms with Gasteiger partial charge in [-0.25, -0.2) is 15.0 Å². The Labute approximate surface area is 381 Å². The summed E-state index contributed by atoms with van der Waals surface area (Å²) >= 11 is 1.31. The van der Waals surface area contributed by atoms with Gasteiger partial charge in [-0.3, -0.25) is 34.6 Å². The van der Waals surface area contributed by atoms with Crippen molar-refractivity contribution in [2.24, 2.45) is 11.5 Å². The second kappa shape index (κ2) is 20.3. The molecule has 0 spiro atoms. The fourth-order valence-electron chi connectivity index (χ4n) is 8.12. The van der Waals surface area contributed by atoms with Crippen LogP contribution in [0.1, 0.15) is 92.8 Å². The molecule has 1 aliphatic heterocycles. The van der Waals surface area contributed by atoms with Crippen molar-refractivity contribution in [2.75, 3.05) is 57.1 Å². The molecule has 7 rings (SSSR count). The second-order valence-corrected chi connectivity index (χ2v) is 17.4. The monoisotopic (exact) mass is 909 g/mol. The maximum absolute atomic E-state index is 13.9. The predicted molar refractivity (Wildman–Crippen MR) is 251 cm³/mol. The lowest BCUT2D eigenvalue weighted by Crippen LogP contribution is -2.49. The lowest BCUT2D eigenvalue weighted by atomic mass is 10.1. The highest BCUT2D eigenvalue weighted by Gasteiger charge is 2.25. The molecule has 1 fully saturated rings. The molecular formula is C45H59N13O6S. The Hall–Kier alpha value is -6.19. The van der Waals surface area contributed by atoms with Crippen LogP contribution in [0.5, 0.6) is 11.5 Å². The van der Waals surface area contributed by atoms with E-state index in [1.54, 1.807) is 39.6 Å². The zero-order chi connectivity index (χ0) is 46.5. The van der Waals surface area contributed by atoms with E-state index in [1.807, 2.05) is 44.4 Å². The van der Waals surface area contributed by atoms with Gasteiger partial charge in [-0.05, 0) is 77.8 Å². The highest BCUT2D eigenvalue weighted by molar-refractivity contribution is 7.13. The smallest absolute Gasteiger partial charge is 0.276 e. The Bertz CT molecular complexity index is 2720. The van der Waals surface area contributed by atoms with Crippen LogP contribution in [0.2, 0.25) is 0 Å². The number of carbonyl (C=O) groups excluding carboxylic acids is 3. The lowest BCUT2D eigenvalue weighted by Gasteiger charge is -2.36. The summed E-state index contributed by atoms with van der Waals surface area (Å²) in [6, 6.07) is 8.72. The largest absolute Gasteiger partial charge is 0.494 e. The van der Waals surface area contributed by atoms with E-state index in [-0.39, 0.29) is 36.5 Å². The average Bonchev–Trinajstić information content (AvgIpc) is 4.05. The molecule has 6 aromatic rings. The van der Waals surface area contributed by atoms with Crippen molar-refractivity contribution in [1.29, 1.82) is 0 Å². The fraction of sp³-hybridized carbons (Fsp3) is 0.444. The summed E-state index contributed by atoms with van der Waals surface area (Å²) in [4.78, 5) is 59.8. The number of ether oxygens (including phenoxy) is 2. The summed E-state index contributed by atoms with van der Waals surface area (Å²) in [5.41, 5.74) is 16.0. The zero-order valence-electron chi connectivity index (χ0n) is 38.1. The molecule has 7 N–H and O–H groups in total. The third kappa shape index (κ3) is 10.4. The van der Waals surface area contributed by atoms with Crippen molar-refractivity contribution in [3.05, 3.63) is 80.6 Å². The Balaban J connectivity index is 1.23. The highest BCUT2D eigenvalue weighted by atomic mass is 32.1. The van der Waals surface area contributed by atoms with Crippen LogP contribution in [0.25, 0.3) is 22.1 Å². The van der Waals surface area contributed by atoms with Crippen molar-refractivity contribution in [3.8, 4) is 11.5 Å². The standard InChI is InChI=1S/C45H59N13O6S/c1-8-31-39(65-28(6)48-31)43(62)52-45-50-33-23-30(41(47)60)25-36(64-20-12-13-54-16-18-55(19-17-54)26(3)4)38(33)57(45)15-11-10-14-56-37-32(22-29(40(46)59)24-35(37)63-7)49-44(56)51-42(61)34-21-27(5)53-58(34)9-2/h10-11,21-26,40,59H,8-9,12-20,46H2,1-7H3,(H2,47,60)(H,49,51,61)(H,50,52,62)/b11-10+. The zero-order valence-corrected chi connectivity index (χ0v) is 38.9. The number of primary amides is 1. The number of thiazole rings is 1. The first-order chi connectivity index (χ1) is 31.2. The van der Waals surface area contributed by atoms with Crippen LogP contribution in [0.4, 0.5) is 11.9 Å². The van der Waals surface area contributed by atoms with Gasteiger partial charge in [0.25, 0.3) is 11.8 Å². The van der Waals surface area contributed by atoms with Gasteiger partial charge in [0.2, 0.25) is 17.8 Å². The predicted octanol–water partition coefficient (Wildman–Crippen LogP) is 4.85. The van der Waals surface area contributed by atoms with Gasteiger partial charge in [-0.1, -0.05) is 19.1 Å². The van der Waals surface area contributed by atoms with Crippen LogP contribution < -0.4 is 31.6 Å². The molecule has 0 radical (unpaired) electrons. The third-order valence-corrected chi connectivity index (χ3v) is 12.5. The van der Waals surface area contributed by atoms with Gasteiger partial charge in [-0.15, -0.1) is 11.3 Å². The molecule has 0 saturated carbocycles. The van der Waals surface area contributed by atoms with E-state index in [1.165, 1.54) is 18.4 Å². The second-order valence-electron chi connectivity index (χ2n) is 16.2. The lowest BCUT2D eigenvalue weighted by molar-refractivity contribution is 0.0994. The number of amides is 3. The SMILES string of the molecule is CCc1nc(C)sc1C(=O)Nc1nc2cc(C(N)=O)cc(OCCCN3CCN(C(C)C)CC3)c2n1C/C=C/Cn1c(NC(=O)c2cc(C)nn2CC)nc2cc(C(N)O)cc(OC)c21. The number of fused-ring (bicyclic) bond motifs is 2. The number of aryl methyl sites for hydroxylation is 4. The van der Waals surface area contributed by atoms with Crippen molar-refractivity contribution < 1.29 is 29.0 Å². The number of nitrogens with one attached hydrogen (secondary N) is 2. The van der Waals surface area contributed by atoms with Gasteiger partial charge in [0.1, 0.15) is 39.3 Å². The van der Waals surface area contributed by atoms with Crippen molar-refractivity contribution in [2.45, 2.75) is 86.3 Å². The molecule has 1 saturated heterocycles. The molecule has 3 amide bonds. The quantitative estimate of drug-likeness (QED) is 0.0416. The number of allylic oxidation sites excluding steroid dienone is 2. The maximum Gasteiger partial charge on any atom is 0.276 e. The van der Waals surface area contributed by atoms with Crippen LogP contribution in [0, 0.1) is 13.8 Å². The van der Waals surface area contributed by atoms with Gasteiger partial charge >= 0.3 is 0 Å². The van der Waals surface area contributed by atoms with Gasteiger partial charge in [-0.2, -0.15) is 5.10 Å². The number of benzene rings is 2. The number of nitrogens with zero attached hydrogens (tertiary/aromatic N) is 9. The minimum absolute atomic E-state index is 0.199. The van der Waals surface area contributed by atoms with E-state index in [0.29, 0.717) is 86.7 Å². The van der Waals surface area contributed by atoms with E-state index in [9.17, 15) is 19.5 Å². The maximum atomic E-state index is 13.9. The number of aliphatic hydroxyl groups excluding tert-OH is 1. The molecule has 20 heteroatoms. The topological polar surface area (TPSA) is 239 Å². The number of hydrogen-bond donors (Lipinski definition) is 5. The van der Waals surface area contributed by atoms with E-state index < -0.39 is 18.0 Å². The van der Waals surface area contributed by atoms with Crippen LogP contribution in [-0.4, -0.2) is 119 Å². The number of aliphatic hydroxyl groups is 1. The summed E-state index contributed by atoms with van der Waals surface area (Å²) in [5, 5.41) is 21.4. The number of methoxy groups -OCH3 is 1.